The Kier molecular flexibility index (Phi) is 3.14. The standard InChI is InChI=1S/C13H15FN4/c1-8-11(14)12(15)17-13(16-8)9-4-6-10(7-5-9)18(2)3/h4-7H,1-3H3,(H2,15,16,17). The Labute approximate surface area is 105 Å². The fourth-order valence-corrected chi connectivity index (χ4v) is 1.62. The highest BCUT2D eigenvalue weighted by atomic mass is 19.1. The highest BCUT2D eigenvalue weighted by molar-refractivity contribution is 5.61. The molecule has 0 saturated carbocycles. The summed E-state index contributed by atoms with van der Waals surface area (Å²) in [5, 5.41) is 0. The van der Waals surface area contributed by atoms with Crippen molar-refractivity contribution in [1.29, 1.82) is 0 Å². The number of nitrogens with zero attached hydrogens (tertiary/aromatic N) is 3. The number of hydrogen-bond acceptors (Lipinski definition) is 4. The molecule has 1 aromatic carbocycles. The lowest BCUT2D eigenvalue weighted by molar-refractivity contribution is 0.608. The van der Waals surface area contributed by atoms with Crippen molar-refractivity contribution in [2.45, 2.75) is 6.92 Å². The maximum Gasteiger partial charge on any atom is 0.186 e. The van der Waals surface area contributed by atoms with Gasteiger partial charge in [-0.25, -0.2) is 14.4 Å². The molecule has 94 valence electrons. The van der Waals surface area contributed by atoms with Gasteiger partial charge in [-0.2, -0.15) is 0 Å². The molecule has 2 aromatic rings. The fraction of sp³-hybridized carbons (Fsp3) is 0.231. The van der Waals surface area contributed by atoms with Crippen molar-refractivity contribution in [3.05, 3.63) is 35.8 Å². The lowest BCUT2D eigenvalue weighted by atomic mass is 10.2. The van der Waals surface area contributed by atoms with Crippen molar-refractivity contribution in [2.24, 2.45) is 0 Å². The molecule has 0 aliphatic heterocycles. The van der Waals surface area contributed by atoms with Gasteiger partial charge < -0.3 is 10.6 Å². The van der Waals surface area contributed by atoms with Gasteiger partial charge in [-0.15, -0.1) is 0 Å². The largest absolute Gasteiger partial charge is 0.381 e. The van der Waals surface area contributed by atoms with E-state index in [0.29, 0.717) is 5.82 Å². The predicted octanol–water partition coefficient (Wildman–Crippen LogP) is 2.24. The first kappa shape index (κ1) is 12.3. The van der Waals surface area contributed by atoms with Crippen LogP contribution in [0.1, 0.15) is 5.69 Å². The zero-order valence-electron chi connectivity index (χ0n) is 10.6. The van der Waals surface area contributed by atoms with Gasteiger partial charge in [0.05, 0.1) is 5.69 Å². The van der Waals surface area contributed by atoms with E-state index in [4.69, 9.17) is 5.73 Å². The number of hydrogen-bond donors (Lipinski definition) is 1. The number of aryl methyl sites for hydroxylation is 1. The monoisotopic (exact) mass is 246 g/mol. The smallest absolute Gasteiger partial charge is 0.186 e. The van der Waals surface area contributed by atoms with Crippen LogP contribution in [0.3, 0.4) is 0 Å². The molecule has 0 aliphatic rings. The van der Waals surface area contributed by atoms with Crippen LogP contribution >= 0.6 is 0 Å². The van der Waals surface area contributed by atoms with Gasteiger partial charge in [0.1, 0.15) is 0 Å². The number of nitrogens with two attached hydrogens (primary N) is 1. The third-order valence-electron chi connectivity index (χ3n) is 2.68. The average Bonchev–Trinajstić information content (AvgIpc) is 2.35. The second-order valence-corrected chi connectivity index (χ2v) is 4.27. The number of benzene rings is 1. The normalized spacial score (nSPS) is 10.4. The Morgan fingerprint density at radius 3 is 2.22 bits per heavy atom. The predicted molar refractivity (Wildman–Crippen MR) is 70.9 cm³/mol. The van der Waals surface area contributed by atoms with E-state index >= 15 is 0 Å². The third-order valence-corrected chi connectivity index (χ3v) is 2.68. The van der Waals surface area contributed by atoms with Gasteiger partial charge in [0.25, 0.3) is 0 Å². The highest BCUT2D eigenvalue weighted by Gasteiger charge is 2.10. The molecule has 0 unspecified atom stereocenters. The van der Waals surface area contributed by atoms with E-state index in [1.165, 1.54) is 0 Å². The Morgan fingerprint density at radius 1 is 1.11 bits per heavy atom. The molecule has 2 rings (SSSR count). The Hall–Kier alpha value is -2.17. The van der Waals surface area contributed by atoms with Gasteiger partial charge in [0, 0.05) is 25.3 Å². The van der Waals surface area contributed by atoms with E-state index in [0.717, 1.165) is 11.3 Å². The van der Waals surface area contributed by atoms with E-state index in [9.17, 15) is 4.39 Å². The third kappa shape index (κ3) is 2.25. The molecule has 0 amide bonds. The summed E-state index contributed by atoms with van der Waals surface area (Å²) in [6.45, 7) is 1.57. The number of aromatic nitrogens is 2. The topological polar surface area (TPSA) is 55.0 Å². The first-order valence-electron chi connectivity index (χ1n) is 5.56. The van der Waals surface area contributed by atoms with Crippen molar-refractivity contribution >= 4 is 11.5 Å². The van der Waals surface area contributed by atoms with Crippen LogP contribution in [0.15, 0.2) is 24.3 Å². The van der Waals surface area contributed by atoms with Crippen molar-refractivity contribution in [3.63, 3.8) is 0 Å². The van der Waals surface area contributed by atoms with Crippen LogP contribution in [0.4, 0.5) is 15.9 Å². The van der Waals surface area contributed by atoms with Crippen molar-refractivity contribution in [3.8, 4) is 11.4 Å². The molecule has 18 heavy (non-hydrogen) atoms. The summed E-state index contributed by atoms with van der Waals surface area (Å²) in [5.74, 6) is -0.227. The second kappa shape index (κ2) is 4.60. The minimum atomic E-state index is -0.552. The van der Waals surface area contributed by atoms with Gasteiger partial charge >= 0.3 is 0 Å². The molecule has 1 aromatic heterocycles. The summed E-state index contributed by atoms with van der Waals surface area (Å²) < 4.78 is 13.3. The Morgan fingerprint density at radius 2 is 1.72 bits per heavy atom. The molecule has 4 nitrogen and oxygen atoms in total. The van der Waals surface area contributed by atoms with Crippen LogP contribution in [0.25, 0.3) is 11.4 Å². The second-order valence-electron chi connectivity index (χ2n) is 4.27. The van der Waals surface area contributed by atoms with Gasteiger partial charge in [0.15, 0.2) is 17.5 Å². The zero-order valence-corrected chi connectivity index (χ0v) is 10.6. The molecule has 2 N–H and O–H groups in total. The molecule has 0 aliphatic carbocycles. The SMILES string of the molecule is Cc1nc(-c2ccc(N(C)C)cc2)nc(N)c1F. The van der Waals surface area contributed by atoms with Gasteiger partial charge in [-0.05, 0) is 31.2 Å². The van der Waals surface area contributed by atoms with Crippen LogP contribution < -0.4 is 10.6 Å². The first-order chi connectivity index (χ1) is 8.49. The summed E-state index contributed by atoms with van der Waals surface area (Å²) in [7, 11) is 3.93. The lowest BCUT2D eigenvalue weighted by Crippen LogP contribution is -2.08. The van der Waals surface area contributed by atoms with E-state index in [1.807, 2.05) is 43.3 Å². The fourth-order valence-electron chi connectivity index (χ4n) is 1.62. The molecule has 0 fully saturated rings. The number of halogens is 1. The van der Waals surface area contributed by atoms with Gasteiger partial charge in [-0.3, -0.25) is 0 Å². The van der Waals surface area contributed by atoms with Crippen LogP contribution in [0.5, 0.6) is 0 Å². The zero-order chi connectivity index (χ0) is 13.3. The van der Waals surface area contributed by atoms with E-state index in [-0.39, 0.29) is 11.5 Å². The van der Waals surface area contributed by atoms with Gasteiger partial charge in [-0.1, -0.05) is 0 Å². The molecular formula is C13H15FN4. The van der Waals surface area contributed by atoms with Crippen LogP contribution in [-0.2, 0) is 0 Å². The average molecular weight is 246 g/mol. The molecule has 1 heterocycles. The highest BCUT2D eigenvalue weighted by Crippen LogP contribution is 2.21. The summed E-state index contributed by atoms with van der Waals surface area (Å²) in [6, 6.07) is 7.68. The number of nitrogen functional groups attached to an aromatic ring is 1. The van der Waals surface area contributed by atoms with E-state index < -0.39 is 5.82 Å². The maximum atomic E-state index is 13.3. The molecule has 0 saturated heterocycles. The molecule has 0 spiro atoms. The Bertz CT molecular complexity index is 541. The van der Waals surface area contributed by atoms with Crippen molar-refractivity contribution < 1.29 is 4.39 Å². The molecule has 0 bridgehead atoms. The lowest BCUT2D eigenvalue weighted by Gasteiger charge is -2.12. The molecule has 5 heteroatoms. The quantitative estimate of drug-likeness (QED) is 0.883. The van der Waals surface area contributed by atoms with E-state index in [2.05, 4.69) is 9.97 Å². The number of anilines is 2. The summed E-state index contributed by atoms with van der Waals surface area (Å²) in [4.78, 5) is 10.0. The van der Waals surface area contributed by atoms with Crippen LogP contribution in [-0.4, -0.2) is 24.1 Å². The maximum absolute atomic E-state index is 13.3. The molecular weight excluding hydrogens is 231 g/mol. The number of rotatable bonds is 2. The van der Waals surface area contributed by atoms with E-state index in [1.54, 1.807) is 6.92 Å². The van der Waals surface area contributed by atoms with Crippen molar-refractivity contribution in [2.75, 3.05) is 24.7 Å². The summed E-state index contributed by atoms with van der Waals surface area (Å²) in [5.41, 5.74) is 7.65. The summed E-state index contributed by atoms with van der Waals surface area (Å²) >= 11 is 0. The summed E-state index contributed by atoms with van der Waals surface area (Å²) in [6.07, 6.45) is 0. The first-order valence-corrected chi connectivity index (χ1v) is 5.56. The Balaban J connectivity index is 2.43. The molecule has 0 atom stereocenters. The minimum absolute atomic E-state index is 0.116. The van der Waals surface area contributed by atoms with Crippen LogP contribution in [0.2, 0.25) is 0 Å². The van der Waals surface area contributed by atoms with Crippen LogP contribution in [0, 0.1) is 12.7 Å². The van der Waals surface area contributed by atoms with Gasteiger partial charge in [0.2, 0.25) is 0 Å². The molecule has 0 radical (unpaired) electrons. The minimum Gasteiger partial charge on any atom is -0.381 e. The van der Waals surface area contributed by atoms with Crippen molar-refractivity contribution in [1.82, 2.24) is 9.97 Å².